The van der Waals surface area contributed by atoms with Crippen LogP contribution in [0.15, 0.2) is 22.7 Å². The fourth-order valence-corrected chi connectivity index (χ4v) is 1.77. The predicted molar refractivity (Wildman–Crippen MR) is 66.6 cm³/mol. The third-order valence-corrected chi connectivity index (χ3v) is 2.81. The van der Waals surface area contributed by atoms with Gasteiger partial charge in [-0.25, -0.2) is 0 Å². The van der Waals surface area contributed by atoms with Crippen LogP contribution in [0.3, 0.4) is 0 Å². The summed E-state index contributed by atoms with van der Waals surface area (Å²) in [5, 5.41) is 9.23. The van der Waals surface area contributed by atoms with Gasteiger partial charge in [0.25, 0.3) is 0 Å². The molecule has 0 aromatic heterocycles. The second-order valence-corrected chi connectivity index (χ2v) is 4.76. The van der Waals surface area contributed by atoms with Crippen molar-refractivity contribution in [3.05, 3.63) is 28.2 Å². The molecule has 1 aromatic rings. The van der Waals surface area contributed by atoms with Gasteiger partial charge in [-0.15, -0.1) is 0 Å². The van der Waals surface area contributed by atoms with Crippen LogP contribution in [0.4, 0.5) is 5.69 Å². The molecule has 1 aromatic carbocycles. The molecule has 0 aliphatic rings. The molecule has 15 heavy (non-hydrogen) atoms. The van der Waals surface area contributed by atoms with Crippen LogP contribution in [0.2, 0.25) is 0 Å². The van der Waals surface area contributed by atoms with Gasteiger partial charge in [0.15, 0.2) is 0 Å². The Labute approximate surface area is 99.0 Å². The number of nitrogen functional groups attached to an aromatic ring is 1. The van der Waals surface area contributed by atoms with Crippen LogP contribution in [0.5, 0.6) is 0 Å². The Bertz CT molecular complexity index is 328. The number of aliphatic hydroxyl groups excluding tert-OH is 1. The Morgan fingerprint density at radius 3 is 2.73 bits per heavy atom. The van der Waals surface area contributed by atoms with Crippen LogP contribution >= 0.6 is 15.9 Å². The third kappa shape index (κ3) is 4.20. The first kappa shape index (κ1) is 12.5. The highest BCUT2D eigenvalue weighted by Gasteiger charge is 2.04. The maximum absolute atomic E-state index is 9.23. The van der Waals surface area contributed by atoms with E-state index in [1.165, 1.54) is 0 Å². The van der Waals surface area contributed by atoms with Crippen molar-refractivity contribution in [1.29, 1.82) is 0 Å². The Balaban J connectivity index is 2.60. The first-order chi connectivity index (χ1) is 6.99. The summed E-state index contributed by atoms with van der Waals surface area (Å²) in [7, 11) is 1.98. The van der Waals surface area contributed by atoms with E-state index in [0.29, 0.717) is 6.54 Å². The number of rotatable bonds is 4. The van der Waals surface area contributed by atoms with E-state index in [1.54, 1.807) is 6.92 Å². The molecule has 1 atom stereocenters. The van der Waals surface area contributed by atoms with E-state index in [9.17, 15) is 5.11 Å². The zero-order valence-corrected chi connectivity index (χ0v) is 10.7. The summed E-state index contributed by atoms with van der Waals surface area (Å²) in [5.41, 5.74) is 7.68. The number of nitrogens with zero attached hydrogens (tertiary/aromatic N) is 1. The van der Waals surface area contributed by atoms with E-state index in [1.807, 2.05) is 25.2 Å². The molecule has 0 saturated carbocycles. The van der Waals surface area contributed by atoms with Gasteiger partial charge in [0.05, 0.1) is 6.10 Å². The topological polar surface area (TPSA) is 49.5 Å². The molecule has 0 radical (unpaired) electrons. The molecule has 84 valence electrons. The van der Waals surface area contributed by atoms with Crippen molar-refractivity contribution in [2.75, 3.05) is 19.3 Å². The lowest BCUT2D eigenvalue weighted by molar-refractivity contribution is 0.138. The van der Waals surface area contributed by atoms with Gasteiger partial charge in [0, 0.05) is 23.2 Å². The summed E-state index contributed by atoms with van der Waals surface area (Å²) in [6.45, 7) is 3.24. The monoisotopic (exact) mass is 272 g/mol. The number of nitrogens with two attached hydrogens (primary N) is 1. The molecule has 0 heterocycles. The van der Waals surface area contributed by atoms with Gasteiger partial charge < -0.3 is 10.8 Å². The summed E-state index contributed by atoms with van der Waals surface area (Å²) >= 11 is 3.36. The second-order valence-electron chi connectivity index (χ2n) is 3.90. The number of aliphatic hydroxyl groups is 1. The van der Waals surface area contributed by atoms with Gasteiger partial charge in [-0.05, 0) is 47.6 Å². The van der Waals surface area contributed by atoms with Crippen molar-refractivity contribution in [3.8, 4) is 0 Å². The average molecular weight is 273 g/mol. The van der Waals surface area contributed by atoms with E-state index in [2.05, 4.69) is 20.8 Å². The highest BCUT2D eigenvalue weighted by atomic mass is 79.9. The molecular formula is C11H17BrN2O. The van der Waals surface area contributed by atoms with Gasteiger partial charge in [-0.1, -0.05) is 6.07 Å². The maximum atomic E-state index is 9.23. The molecule has 4 heteroatoms. The zero-order valence-electron chi connectivity index (χ0n) is 9.07. The van der Waals surface area contributed by atoms with Crippen LogP contribution in [0.25, 0.3) is 0 Å². The molecular weight excluding hydrogens is 256 g/mol. The van der Waals surface area contributed by atoms with Crippen LogP contribution < -0.4 is 5.73 Å². The molecule has 0 aliphatic heterocycles. The number of anilines is 1. The molecule has 1 unspecified atom stereocenters. The van der Waals surface area contributed by atoms with Crippen LogP contribution in [0.1, 0.15) is 12.5 Å². The zero-order chi connectivity index (χ0) is 11.4. The highest BCUT2D eigenvalue weighted by Crippen LogP contribution is 2.20. The van der Waals surface area contributed by atoms with Crippen molar-refractivity contribution in [3.63, 3.8) is 0 Å². The number of halogens is 1. The SMILES string of the molecule is CC(O)CN(C)Cc1ccc(Br)c(N)c1. The third-order valence-electron chi connectivity index (χ3n) is 2.09. The summed E-state index contributed by atoms with van der Waals surface area (Å²) in [5.74, 6) is 0. The summed E-state index contributed by atoms with van der Waals surface area (Å²) in [4.78, 5) is 2.06. The van der Waals surface area contributed by atoms with Crippen molar-refractivity contribution in [2.45, 2.75) is 19.6 Å². The summed E-state index contributed by atoms with van der Waals surface area (Å²) < 4.78 is 0.921. The Kier molecular flexibility index (Phi) is 4.57. The lowest BCUT2D eigenvalue weighted by Crippen LogP contribution is -2.26. The molecule has 0 saturated heterocycles. The summed E-state index contributed by atoms with van der Waals surface area (Å²) in [6, 6.07) is 5.92. The van der Waals surface area contributed by atoms with Gasteiger partial charge in [0.1, 0.15) is 0 Å². The number of likely N-dealkylation sites (N-methyl/N-ethyl adjacent to an activating group) is 1. The lowest BCUT2D eigenvalue weighted by atomic mass is 10.2. The van der Waals surface area contributed by atoms with E-state index in [0.717, 1.165) is 22.3 Å². The van der Waals surface area contributed by atoms with Gasteiger partial charge in [-0.3, -0.25) is 4.90 Å². The molecule has 3 nitrogen and oxygen atoms in total. The normalized spacial score (nSPS) is 13.1. The Morgan fingerprint density at radius 2 is 2.20 bits per heavy atom. The van der Waals surface area contributed by atoms with Gasteiger partial charge in [-0.2, -0.15) is 0 Å². The van der Waals surface area contributed by atoms with Crippen molar-refractivity contribution in [1.82, 2.24) is 4.90 Å². The Hall–Kier alpha value is -0.580. The minimum Gasteiger partial charge on any atom is -0.398 e. The first-order valence-electron chi connectivity index (χ1n) is 4.89. The van der Waals surface area contributed by atoms with Crippen LogP contribution in [-0.4, -0.2) is 29.7 Å². The smallest absolute Gasteiger partial charge is 0.0639 e. The standard InChI is InChI=1S/C11H17BrN2O/c1-8(15)6-14(2)7-9-3-4-10(12)11(13)5-9/h3-5,8,15H,6-7,13H2,1-2H3. The molecule has 0 aliphatic carbocycles. The molecule has 0 spiro atoms. The van der Waals surface area contributed by atoms with E-state index in [-0.39, 0.29) is 6.10 Å². The first-order valence-corrected chi connectivity index (χ1v) is 5.69. The lowest BCUT2D eigenvalue weighted by Gasteiger charge is -2.18. The molecule has 3 N–H and O–H groups in total. The molecule has 0 fully saturated rings. The largest absolute Gasteiger partial charge is 0.398 e. The van der Waals surface area contributed by atoms with E-state index in [4.69, 9.17) is 5.73 Å². The molecule has 1 rings (SSSR count). The van der Waals surface area contributed by atoms with E-state index >= 15 is 0 Å². The number of hydrogen-bond acceptors (Lipinski definition) is 3. The van der Waals surface area contributed by atoms with E-state index < -0.39 is 0 Å². The quantitative estimate of drug-likeness (QED) is 0.823. The number of benzene rings is 1. The Morgan fingerprint density at radius 1 is 1.53 bits per heavy atom. The van der Waals surface area contributed by atoms with Crippen LogP contribution in [0, 0.1) is 0 Å². The molecule has 0 bridgehead atoms. The average Bonchev–Trinajstić information content (AvgIpc) is 2.10. The number of hydrogen-bond donors (Lipinski definition) is 2. The van der Waals surface area contributed by atoms with Crippen molar-refractivity contribution < 1.29 is 5.11 Å². The fourth-order valence-electron chi connectivity index (χ4n) is 1.52. The highest BCUT2D eigenvalue weighted by molar-refractivity contribution is 9.10. The van der Waals surface area contributed by atoms with Crippen LogP contribution in [-0.2, 0) is 6.54 Å². The van der Waals surface area contributed by atoms with Gasteiger partial charge in [0.2, 0.25) is 0 Å². The van der Waals surface area contributed by atoms with Gasteiger partial charge >= 0.3 is 0 Å². The molecule has 0 amide bonds. The minimum absolute atomic E-state index is 0.303. The van der Waals surface area contributed by atoms with Crippen molar-refractivity contribution in [2.24, 2.45) is 0 Å². The predicted octanol–water partition coefficient (Wildman–Crippen LogP) is 1.84. The minimum atomic E-state index is -0.303. The fraction of sp³-hybridized carbons (Fsp3) is 0.455. The second kappa shape index (κ2) is 5.49. The van der Waals surface area contributed by atoms with Crippen molar-refractivity contribution >= 4 is 21.6 Å². The summed E-state index contributed by atoms with van der Waals surface area (Å²) in [6.07, 6.45) is -0.303. The maximum Gasteiger partial charge on any atom is 0.0639 e.